The molecule has 1 aliphatic carbocycles. The molecule has 1 amide bonds. The lowest BCUT2D eigenvalue weighted by Crippen LogP contribution is -2.45. The smallest absolute Gasteiger partial charge is 0.228 e. The van der Waals surface area contributed by atoms with Crippen molar-refractivity contribution in [3.63, 3.8) is 0 Å². The molecule has 0 saturated heterocycles. The third-order valence-electron chi connectivity index (χ3n) is 7.69. The van der Waals surface area contributed by atoms with Crippen LogP contribution in [0, 0.1) is 19.8 Å². The zero-order chi connectivity index (χ0) is 30.2. The zero-order valence-electron chi connectivity index (χ0n) is 25.0. The number of nitrogens with zero attached hydrogens (tertiary/aromatic N) is 1. The SMILES string of the molecule is COCCc1ccc(C)c(CN(C(=O)C(Cc2ccc(OCCOc3c(Cl)cc(C)cc3Cl)cc2)C(C)N)C2CC2)c1. The van der Waals surface area contributed by atoms with Gasteiger partial charge >= 0.3 is 0 Å². The van der Waals surface area contributed by atoms with Gasteiger partial charge < -0.3 is 24.8 Å². The Bertz CT molecular complexity index is 1320. The van der Waals surface area contributed by atoms with Crippen LogP contribution in [0.5, 0.6) is 11.5 Å². The molecule has 4 rings (SSSR count). The minimum Gasteiger partial charge on any atom is -0.490 e. The van der Waals surface area contributed by atoms with Crippen molar-refractivity contribution in [1.82, 2.24) is 4.90 Å². The molecule has 226 valence electrons. The minimum atomic E-state index is -0.313. The summed E-state index contributed by atoms with van der Waals surface area (Å²) < 4.78 is 16.9. The van der Waals surface area contributed by atoms with Gasteiger partial charge in [-0.05, 0) is 98.5 Å². The molecule has 0 spiro atoms. The molecule has 3 aromatic rings. The van der Waals surface area contributed by atoms with Crippen LogP contribution in [0.2, 0.25) is 10.0 Å². The maximum atomic E-state index is 13.9. The average molecular weight is 614 g/mol. The number of nitrogens with two attached hydrogens (primary N) is 1. The molecule has 0 radical (unpaired) electrons. The van der Waals surface area contributed by atoms with Gasteiger partial charge in [0.15, 0.2) is 5.75 Å². The van der Waals surface area contributed by atoms with Crippen LogP contribution in [-0.2, 0) is 28.9 Å². The van der Waals surface area contributed by atoms with E-state index in [1.807, 2.05) is 50.2 Å². The van der Waals surface area contributed by atoms with Crippen LogP contribution in [0.3, 0.4) is 0 Å². The zero-order valence-corrected chi connectivity index (χ0v) is 26.5. The average Bonchev–Trinajstić information content (AvgIpc) is 3.79. The molecule has 2 N–H and O–H groups in total. The van der Waals surface area contributed by atoms with E-state index in [1.54, 1.807) is 7.11 Å². The Kier molecular flexibility index (Phi) is 11.6. The number of ether oxygens (including phenoxy) is 3. The maximum Gasteiger partial charge on any atom is 0.228 e. The summed E-state index contributed by atoms with van der Waals surface area (Å²) >= 11 is 12.5. The highest BCUT2D eigenvalue weighted by Gasteiger charge is 2.37. The number of methoxy groups -OCH3 is 1. The number of amides is 1. The number of halogens is 2. The van der Waals surface area contributed by atoms with Gasteiger partial charge in [0.2, 0.25) is 5.91 Å². The Hall–Kier alpha value is -2.77. The van der Waals surface area contributed by atoms with Crippen molar-refractivity contribution in [3.8, 4) is 11.5 Å². The minimum absolute atomic E-state index is 0.125. The quantitative estimate of drug-likeness (QED) is 0.188. The van der Waals surface area contributed by atoms with E-state index in [9.17, 15) is 4.79 Å². The molecular weight excluding hydrogens is 571 g/mol. The molecule has 0 aromatic heterocycles. The molecule has 1 saturated carbocycles. The summed E-state index contributed by atoms with van der Waals surface area (Å²) in [6.07, 6.45) is 3.50. The first-order chi connectivity index (χ1) is 20.2. The van der Waals surface area contributed by atoms with Gasteiger partial charge in [-0.1, -0.05) is 53.5 Å². The second-order valence-corrected chi connectivity index (χ2v) is 12.1. The second kappa shape index (κ2) is 15.1. The third-order valence-corrected chi connectivity index (χ3v) is 8.25. The first-order valence-corrected chi connectivity index (χ1v) is 15.4. The van der Waals surface area contributed by atoms with Crippen molar-refractivity contribution in [3.05, 3.63) is 92.5 Å². The van der Waals surface area contributed by atoms with E-state index >= 15 is 0 Å². The molecule has 0 heterocycles. The van der Waals surface area contributed by atoms with E-state index < -0.39 is 0 Å². The highest BCUT2D eigenvalue weighted by molar-refractivity contribution is 6.37. The molecule has 1 aliphatic rings. The first-order valence-electron chi connectivity index (χ1n) is 14.6. The number of hydrogen-bond acceptors (Lipinski definition) is 5. The Labute approximate surface area is 260 Å². The van der Waals surface area contributed by atoms with E-state index in [-0.39, 0.29) is 23.9 Å². The highest BCUT2D eigenvalue weighted by atomic mass is 35.5. The number of aryl methyl sites for hydroxylation is 2. The van der Waals surface area contributed by atoms with Crippen LogP contribution < -0.4 is 15.2 Å². The van der Waals surface area contributed by atoms with Crippen LogP contribution in [0.4, 0.5) is 0 Å². The van der Waals surface area contributed by atoms with Crippen LogP contribution in [0.1, 0.15) is 47.6 Å². The van der Waals surface area contributed by atoms with Gasteiger partial charge in [0.25, 0.3) is 0 Å². The normalized spacial score (nSPS) is 14.4. The van der Waals surface area contributed by atoms with Crippen LogP contribution >= 0.6 is 23.2 Å². The first kappa shape index (κ1) is 32.2. The van der Waals surface area contributed by atoms with Crippen molar-refractivity contribution in [2.24, 2.45) is 11.7 Å². The largest absolute Gasteiger partial charge is 0.490 e. The van der Waals surface area contributed by atoms with E-state index in [4.69, 9.17) is 43.1 Å². The number of hydrogen-bond donors (Lipinski definition) is 1. The molecular formula is C34H42Cl2N2O4. The highest BCUT2D eigenvalue weighted by Crippen LogP contribution is 2.34. The van der Waals surface area contributed by atoms with E-state index in [0.29, 0.717) is 48.6 Å². The summed E-state index contributed by atoms with van der Waals surface area (Å²) in [6.45, 7) is 7.88. The molecule has 2 atom stereocenters. The lowest BCUT2D eigenvalue weighted by molar-refractivity contribution is -0.137. The van der Waals surface area contributed by atoms with Crippen molar-refractivity contribution in [2.45, 2.75) is 65.1 Å². The van der Waals surface area contributed by atoms with Gasteiger partial charge in [-0.3, -0.25) is 4.79 Å². The van der Waals surface area contributed by atoms with Gasteiger partial charge in [-0.15, -0.1) is 0 Å². The molecule has 1 fully saturated rings. The van der Waals surface area contributed by atoms with Gasteiger partial charge in [0, 0.05) is 25.7 Å². The molecule has 6 nitrogen and oxygen atoms in total. The Balaban J connectivity index is 1.35. The van der Waals surface area contributed by atoms with E-state index in [2.05, 4.69) is 30.0 Å². The van der Waals surface area contributed by atoms with Gasteiger partial charge in [0.05, 0.1) is 22.6 Å². The topological polar surface area (TPSA) is 74.0 Å². The standard InChI is InChI=1S/C34H42Cl2N2O4/c1-22-17-31(35)33(32(36)18-22)42-16-15-41-29-11-7-25(8-12-29)20-30(24(3)37)34(39)38(28-9-10-28)21-27-19-26(13-14-40-4)6-5-23(27)2/h5-8,11-12,17-19,24,28,30H,9-10,13-16,20-21,37H2,1-4H3. The molecule has 0 aliphatic heterocycles. The molecule has 3 aromatic carbocycles. The predicted octanol–water partition coefficient (Wildman–Crippen LogP) is 6.95. The van der Waals surface area contributed by atoms with Crippen LogP contribution in [0.25, 0.3) is 0 Å². The fraction of sp³-hybridized carbons (Fsp3) is 0.441. The number of rotatable bonds is 15. The number of carbonyl (C=O) groups is 1. The monoisotopic (exact) mass is 612 g/mol. The van der Waals surface area contributed by atoms with Crippen molar-refractivity contribution < 1.29 is 19.0 Å². The predicted molar refractivity (Wildman–Crippen MR) is 170 cm³/mol. The van der Waals surface area contributed by atoms with Crippen molar-refractivity contribution >= 4 is 29.1 Å². The Morgan fingerprint density at radius 1 is 0.952 bits per heavy atom. The Morgan fingerprint density at radius 2 is 1.60 bits per heavy atom. The van der Waals surface area contributed by atoms with Crippen LogP contribution in [0.15, 0.2) is 54.6 Å². The fourth-order valence-electron chi connectivity index (χ4n) is 5.04. The number of carbonyl (C=O) groups excluding carboxylic acids is 1. The third kappa shape index (κ3) is 8.87. The summed E-state index contributed by atoms with van der Waals surface area (Å²) in [5.74, 6) is 0.992. The fourth-order valence-corrected chi connectivity index (χ4v) is 5.75. The van der Waals surface area contributed by atoms with Gasteiger partial charge in [-0.25, -0.2) is 0 Å². The van der Waals surface area contributed by atoms with Gasteiger partial charge in [-0.2, -0.15) is 0 Å². The number of benzene rings is 3. The summed E-state index contributed by atoms with van der Waals surface area (Å²) in [7, 11) is 1.72. The lowest BCUT2D eigenvalue weighted by Gasteiger charge is -2.30. The summed E-state index contributed by atoms with van der Waals surface area (Å²) in [6, 6.07) is 18.0. The Morgan fingerprint density at radius 3 is 2.21 bits per heavy atom. The molecule has 42 heavy (non-hydrogen) atoms. The van der Waals surface area contributed by atoms with E-state index in [1.165, 1.54) is 16.7 Å². The summed E-state index contributed by atoms with van der Waals surface area (Å²) in [4.78, 5) is 16.0. The van der Waals surface area contributed by atoms with E-state index in [0.717, 1.165) is 36.1 Å². The molecule has 8 heteroatoms. The van der Waals surface area contributed by atoms with Crippen molar-refractivity contribution in [1.29, 1.82) is 0 Å². The lowest BCUT2D eigenvalue weighted by atomic mass is 9.91. The van der Waals surface area contributed by atoms with Gasteiger partial charge in [0.1, 0.15) is 19.0 Å². The summed E-state index contributed by atoms with van der Waals surface area (Å²) in [5.41, 5.74) is 12.0. The maximum absolute atomic E-state index is 13.9. The van der Waals surface area contributed by atoms with Crippen molar-refractivity contribution in [2.75, 3.05) is 26.9 Å². The molecule has 0 bridgehead atoms. The second-order valence-electron chi connectivity index (χ2n) is 11.3. The summed E-state index contributed by atoms with van der Waals surface area (Å²) in [5, 5.41) is 0.960. The molecule has 2 unspecified atom stereocenters. The van der Waals surface area contributed by atoms with Crippen LogP contribution in [-0.4, -0.2) is 49.8 Å².